The molecule has 0 rings (SSSR count). The fraction of sp³-hybridized carbons (Fsp3) is 0.914. The molecule has 1 atom stereocenters. The highest BCUT2D eigenvalue weighted by Gasteiger charge is 2.12. The third kappa shape index (κ3) is 31.3. The van der Waals surface area contributed by atoms with Crippen LogP contribution in [0.5, 0.6) is 0 Å². The maximum Gasteiger partial charge on any atom is 0.306 e. The molecule has 0 heterocycles. The largest absolute Gasteiger partial charge is 0.462 e. The number of rotatable bonds is 31. The average Bonchev–Trinajstić information content (AvgIpc) is 2.92. The maximum absolute atomic E-state index is 12.0. The zero-order valence-electron chi connectivity index (χ0n) is 26.4. The van der Waals surface area contributed by atoms with Gasteiger partial charge in [0.2, 0.25) is 0 Å². The number of unbranched alkanes of at least 4 members (excludes halogenated alkanes) is 24. The Morgan fingerprint density at radius 2 is 0.744 bits per heavy atom. The van der Waals surface area contributed by atoms with Crippen LogP contribution in [0.1, 0.15) is 194 Å². The molecular formula is C35H67O4. The third-order valence-electron chi connectivity index (χ3n) is 7.70. The van der Waals surface area contributed by atoms with Crippen LogP contribution in [0.15, 0.2) is 0 Å². The summed E-state index contributed by atoms with van der Waals surface area (Å²) in [4.78, 5) is 24.0. The van der Waals surface area contributed by atoms with Gasteiger partial charge in [0, 0.05) is 12.8 Å². The second kappa shape index (κ2) is 31.5. The van der Waals surface area contributed by atoms with Crippen LogP contribution in [0.4, 0.5) is 0 Å². The second-order valence-electron chi connectivity index (χ2n) is 11.8. The summed E-state index contributed by atoms with van der Waals surface area (Å²) in [5.41, 5.74) is 0. The molecule has 0 saturated carbocycles. The Kier molecular flexibility index (Phi) is 30.6. The predicted octanol–water partition coefficient (Wildman–Crippen LogP) is 11.2. The van der Waals surface area contributed by atoms with Crippen molar-refractivity contribution in [2.75, 3.05) is 6.61 Å². The van der Waals surface area contributed by atoms with E-state index in [9.17, 15) is 9.59 Å². The van der Waals surface area contributed by atoms with E-state index in [1.54, 1.807) is 0 Å². The van der Waals surface area contributed by atoms with Crippen molar-refractivity contribution in [1.29, 1.82) is 0 Å². The predicted molar refractivity (Wildman–Crippen MR) is 167 cm³/mol. The molecule has 0 aliphatic rings. The molecule has 4 heteroatoms. The van der Waals surface area contributed by atoms with Gasteiger partial charge in [-0.2, -0.15) is 0 Å². The van der Waals surface area contributed by atoms with E-state index in [1.165, 1.54) is 141 Å². The molecule has 0 aliphatic heterocycles. The standard InChI is InChI=1S/C35H67O4/c1-4-6-8-10-12-14-16-18-20-22-24-26-28-30-34(36)38-32-33(3)39-35(37)31-29-27-25-23-21-19-17-15-13-11-9-7-5-2/h33H,3-32H2,1-2H3/t33-/m0/s1. The van der Waals surface area contributed by atoms with Crippen LogP contribution in [0.3, 0.4) is 0 Å². The van der Waals surface area contributed by atoms with Crippen LogP contribution >= 0.6 is 0 Å². The lowest BCUT2D eigenvalue weighted by molar-refractivity contribution is -0.156. The molecule has 0 aromatic heterocycles. The fourth-order valence-corrected chi connectivity index (χ4v) is 5.11. The SMILES string of the molecule is [CH2][C@@H](COC(=O)CCCCCCCCCCCCCCC)OC(=O)CCCCCCCCCCCCCCC. The van der Waals surface area contributed by atoms with Crippen molar-refractivity contribution in [1.82, 2.24) is 0 Å². The molecule has 39 heavy (non-hydrogen) atoms. The van der Waals surface area contributed by atoms with E-state index in [2.05, 4.69) is 20.8 Å². The van der Waals surface area contributed by atoms with Gasteiger partial charge in [-0.15, -0.1) is 0 Å². The van der Waals surface area contributed by atoms with E-state index in [1.807, 2.05) is 0 Å². The number of carbonyl (C=O) groups excluding carboxylic acids is 2. The first-order valence-electron chi connectivity index (χ1n) is 17.3. The molecule has 0 aromatic rings. The summed E-state index contributed by atoms with van der Waals surface area (Å²) in [6.45, 7) is 8.40. The summed E-state index contributed by atoms with van der Waals surface area (Å²) < 4.78 is 10.6. The van der Waals surface area contributed by atoms with Crippen LogP contribution in [-0.4, -0.2) is 24.6 Å². The highest BCUT2D eigenvalue weighted by Crippen LogP contribution is 2.15. The summed E-state index contributed by atoms with van der Waals surface area (Å²) >= 11 is 0. The number of hydrogen-bond acceptors (Lipinski definition) is 4. The van der Waals surface area contributed by atoms with Crippen molar-refractivity contribution in [3.05, 3.63) is 6.92 Å². The van der Waals surface area contributed by atoms with Crippen molar-refractivity contribution in [2.24, 2.45) is 0 Å². The van der Waals surface area contributed by atoms with E-state index in [-0.39, 0.29) is 18.5 Å². The molecule has 0 fully saturated rings. The first-order chi connectivity index (χ1) is 19.1. The molecule has 0 aliphatic carbocycles. The molecule has 1 radical (unpaired) electrons. The normalized spacial score (nSPS) is 12.0. The number of ether oxygens (including phenoxy) is 2. The van der Waals surface area contributed by atoms with Gasteiger partial charge in [-0.05, 0) is 19.8 Å². The number of esters is 2. The van der Waals surface area contributed by atoms with Gasteiger partial charge in [0.15, 0.2) is 0 Å². The Labute approximate surface area is 244 Å². The van der Waals surface area contributed by atoms with Crippen LogP contribution in [0.2, 0.25) is 0 Å². The molecule has 4 nitrogen and oxygen atoms in total. The molecule has 0 spiro atoms. The Morgan fingerprint density at radius 3 is 1.08 bits per heavy atom. The molecular weight excluding hydrogens is 484 g/mol. The van der Waals surface area contributed by atoms with Gasteiger partial charge in [-0.3, -0.25) is 9.59 Å². The van der Waals surface area contributed by atoms with E-state index < -0.39 is 6.10 Å². The lowest BCUT2D eigenvalue weighted by Crippen LogP contribution is -2.22. The Balaban J connectivity index is 3.40. The third-order valence-corrected chi connectivity index (χ3v) is 7.70. The summed E-state index contributed by atoms with van der Waals surface area (Å²) in [6.07, 6.45) is 33.7. The van der Waals surface area contributed by atoms with E-state index in [0.717, 1.165) is 25.7 Å². The lowest BCUT2D eigenvalue weighted by atomic mass is 10.0. The molecule has 0 saturated heterocycles. The maximum atomic E-state index is 12.0. The van der Waals surface area contributed by atoms with Gasteiger partial charge < -0.3 is 9.47 Å². The molecule has 0 amide bonds. The van der Waals surface area contributed by atoms with Gasteiger partial charge in [-0.25, -0.2) is 0 Å². The second-order valence-corrected chi connectivity index (χ2v) is 11.8. The molecule has 0 aromatic carbocycles. The van der Waals surface area contributed by atoms with Crippen LogP contribution in [0, 0.1) is 6.92 Å². The van der Waals surface area contributed by atoms with E-state index in [4.69, 9.17) is 9.47 Å². The van der Waals surface area contributed by atoms with Gasteiger partial charge in [0.1, 0.15) is 12.7 Å². The van der Waals surface area contributed by atoms with Gasteiger partial charge in [0.05, 0.1) is 0 Å². The Hall–Kier alpha value is -1.06. The summed E-state index contributed by atoms with van der Waals surface area (Å²) in [6, 6.07) is 0. The average molecular weight is 552 g/mol. The number of hydrogen-bond donors (Lipinski definition) is 0. The zero-order valence-corrected chi connectivity index (χ0v) is 26.4. The monoisotopic (exact) mass is 552 g/mol. The molecule has 0 N–H and O–H groups in total. The van der Waals surface area contributed by atoms with Gasteiger partial charge in [-0.1, -0.05) is 168 Å². The quantitative estimate of drug-likeness (QED) is 0.0635. The van der Waals surface area contributed by atoms with Crippen LogP contribution < -0.4 is 0 Å². The van der Waals surface area contributed by atoms with Crippen molar-refractivity contribution >= 4 is 11.9 Å². The fourth-order valence-electron chi connectivity index (χ4n) is 5.11. The lowest BCUT2D eigenvalue weighted by Gasteiger charge is -2.13. The van der Waals surface area contributed by atoms with Crippen molar-refractivity contribution < 1.29 is 19.1 Å². The minimum absolute atomic E-state index is 0.0572. The van der Waals surface area contributed by atoms with Crippen molar-refractivity contribution in [3.8, 4) is 0 Å². The Bertz CT molecular complexity index is 519. The van der Waals surface area contributed by atoms with E-state index >= 15 is 0 Å². The summed E-state index contributed by atoms with van der Waals surface area (Å²) in [7, 11) is 0. The molecule has 0 bridgehead atoms. The molecule has 0 unspecified atom stereocenters. The molecule has 231 valence electrons. The smallest absolute Gasteiger partial charge is 0.306 e. The zero-order chi connectivity index (χ0) is 28.7. The topological polar surface area (TPSA) is 52.6 Å². The number of carbonyl (C=O) groups is 2. The van der Waals surface area contributed by atoms with E-state index in [0.29, 0.717) is 12.8 Å². The summed E-state index contributed by atoms with van der Waals surface area (Å²) in [5, 5.41) is 0. The van der Waals surface area contributed by atoms with Gasteiger partial charge in [0.25, 0.3) is 0 Å². The van der Waals surface area contributed by atoms with Crippen LogP contribution in [0.25, 0.3) is 0 Å². The van der Waals surface area contributed by atoms with Crippen molar-refractivity contribution in [2.45, 2.75) is 200 Å². The minimum atomic E-state index is -0.616. The first-order valence-corrected chi connectivity index (χ1v) is 17.3. The Morgan fingerprint density at radius 1 is 0.462 bits per heavy atom. The minimum Gasteiger partial charge on any atom is -0.462 e. The van der Waals surface area contributed by atoms with Crippen LogP contribution in [-0.2, 0) is 19.1 Å². The highest BCUT2D eigenvalue weighted by atomic mass is 16.6. The highest BCUT2D eigenvalue weighted by molar-refractivity contribution is 5.70. The van der Waals surface area contributed by atoms with Gasteiger partial charge >= 0.3 is 11.9 Å². The summed E-state index contributed by atoms with van der Waals surface area (Å²) in [5.74, 6) is -0.440. The first kappa shape index (κ1) is 37.9. The van der Waals surface area contributed by atoms with Crippen molar-refractivity contribution in [3.63, 3.8) is 0 Å².